The molecular formula is C14H22N2O. The van der Waals surface area contributed by atoms with Gasteiger partial charge in [0.15, 0.2) is 0 Å². The number of anilines is 1. The van der Waals surface area contributed by atoms with E-state index < -0.39 is 0 Å². The van der Waals surface area contributed by atoms with Crippen molar-refractivity contribution in [3.8, 4) is 5.75 Å². The normalized spacial score (nSPS) is 19.4. The first-order valence-electron chi connectivity index (χ1n) is 6.36. The minimum Gasteiger partial charge on any atom is -0.495 e. The van der Waals surface area contributed by atoms with E-state index >= 15 is 0 Å². The Morgan fingerprint density at radius 3 is 2.88 bits per heavy atom. The van der Waals surface area contributed by atoms with Crippen LogP contribution in [0.2, 0.25) is 0 Å². The smallest absolute Gasteiger partial charge is 0.142 e. The van der Waals surface area contributed by atoms with Gasteiger partial charge in [-0.3, -0.25) is 0 Å². The number of hydrogen-bond acceptors (Lipinski definition) is 3. The predicted octanol–water partition coefficient (Wildman–Crippen LogP) is 2.06. The lowest BCUT2D eigenvalue weighted by molar-refractivity contribution is 0.413. The lowest BCUT2D eigenvalue weighted by Gasteiger charge is -2.28. The second-order valence-electron chi connectivity index (χ2n) is 4.62. The van der Waals surface area contributed by atoms with Crippen LogP contribution in [0.5, 0.6) is 5.75 Å². The summed E-state index contributed by atoms with van der Waals surface area (Å²) in [6.07, 6.45) is 2.27. The van der Waals surface area contributed by atoms with E-state index in [0.717, 1.165) is 25.3 Å². The molecule has 17 heavy (non-hydrogen) atoms. The summed E-state index contributed by atoms with van der Waals surface area (Å²) in [4.78, 5) is 2.35. The van der Waals surface area contributed by atoms with Gasteiger partial charge < -0.3 is 15.0 Å². The molecule has 3 heteroatoms. The highest BCUT2D eigenvalue weighted by atomic mass is 16.5. The first-order valence-corrected chi connectivity index (χ1v) is 6.36. The van der Waals surface area contributed by atoms with Crippen molar-refractivity contribution < 1.29 is 4.74 Å². The van der Waals surface area contributed by atoms with Gasteiger partial charge >= 0.3 is 0 Å². The molecule has 1 aliphatic heterocycles. The SMILES string of the molecule is CCc1ccc(OC)c(N(C)C2CCNC2)c1. The Hall–Kier alpha value is -1.22. The molecule has 3 nitrogen and oxygen atoms in total. The van der Waals surface area contributed by atoms with Gasteiger partial charge in [-0.1, -0.05) is 13.0 Å². The Kier molecular flexibility index (Phi) is 3.89. The van der Waals surface area contributed by atoms with E-state index in [2.05, 4.69) is 42.4 Å². The molecule has 1 unspecified atom stereocenters. The second-order valence-corrected chi connectivity index (χ2v) is 4.62. The molecule has 1 fully saturated rings. The summed E-state index contributed by atoms with van der Waals surface area (Å²) in [5.74, 6) is 0.969. The van der Waals surface area contributed by atoms with Crippen LogP contribution >= 0.6 is 0 Å². The Bertz CT molecular complexity index is 372. The van der Waals surface area contributed by atoms with E-state index in [4.69, 9.17) is 4.74 Å². The molecule has 0 bridgehead atoms. The third-order valence-electron chi connectivity index (χ3n) is 3.61. The summed E-state index contributed by atoms with van der Waals surface area (Å²) in [6.45, 7) is 4.36. The second kappa shape index (κ2) is 5.41. The fraction of sp³-hybridized carbons (Fsp3) is 0.571. The summed E-state index contributed by atoms with van der Waals surface area (Å²) in [5, 5.41) is 3.41. The summed E-state index contributed by atoms with van der Waals surface area (Å²) < 4.78 is 5.46. The maximum absolute atomic E-state index is 5.46. The third-order valence-corrected chi connectivity index (χ3v) is 3.61. The monoisotopic (exact) mass is 234 g/mol. The maximum atomic E-state index is 5.46. The fourth-order valence-electron chi connectivity index (χ4n) is 2.40. The van der Waals surface area contributed by atoms with Gasteiger partial charge in [-0.2, -0.15) is 0 Å². The minimum atomic E-state index is 0.580. The van der Waals surface area contributed by atoms with Crippen LogP contribution in [0.3, 0.4) is 0 Å². The largest absolute Gasteiger partial charge is 0.495 e. The molecule has 2 rings (SSSR count). The van der Waals surface area contributed by atoms with Crippen LogP contribution in [0, 0.1) is 0 Å². The van der Waals surface area contributed by atoms with Crippen molar-refractivity contribution in [2.75, 3.05) is 32.1 Å². The van der Waals surface area contributed by atoms with Crippen molar-refractivity contribution in [3.63, 3.8) is 0 Å². The van der Waals surface area contributed by atoms with Crippen molar-refractivity contribution in [3.05, 3.63) is 23.8 Å². The van der Waals surface area contributed by atoms with Gasteiger partial charge in [0, 0.05) is 19.6 Å². The molecule has 0 radical (unpaired) electrons. The molecule has 94 valence electrons. The molecule has 1 aromatic rings. The van der Waals surface area contributed by atoms with Gasteiger partial charge in [0.25, 0.3) is 0 Å². The van der Waals surface area contributed by atoms with Gasteiger partial charge in [-0.15, -0.1) is 0 Å². The third kappa shape index (κ3) is 2.55. The summed E-state index contributed by atoms with van der Waals surface area (Å²) >= 11 is 0. The fourth-order valence-corrected chi connectivity index (χ4v) is 2.40. The molecule has 0 saturated carbocycles. The summed E-state index contributed by atoms with van der Waals surface area (Å²) in [7, 11) is 3.90. The number of nitrogens with zero attached hydrogens (tertiary/aromatic N) is 1. The van der Waals surface area contributed by atoms with Gasteiger partial charge in [0.05, 0.1) is 12.8 Å². The molecular weight excluding hydrogens is 212 g/mol. The molecule has 1 atom stereocenters. The van der Waals surface area contributed by atoms with Crippen LogP contribution in [-0.2, 0) is 6.42 Å². The van der Waals surface area contributed by atoms with Crippen molar-refractivity contribution in [1.82, 2.24) is 5.32 Å². The number of hydrogen-bond donors (Lipinski definition) is 1. The van der Waals surface area contributed by atoms with Gasteiger partial charge in [0.1, 0.15) is 5.75 Å². The van der Waals surface area contributed by atoms with Crippen LogP contribution in [0.25, 0.3) is 0 Å². The lowest BCUT2D eigenvalue weighted by Crippen LogP contribution is -2.33. The van der Waals surface area contributed by atoms with Crippen molar-refractivity contribution >= 4 is 5.69 Å². The average Bonchev–Trinajstić information content (AvgIpc) is 2.91. The Balaban J connectivity index is 2.27. The van der Waals surface area contributed by atoms with E-state index in [1.165, 1.54) is 17.7 Å². The quantitative estimate of drug-likeness (QED) is 0.863. The zero-order valence-corrected chi connectivity index (χ0v) is 11.0. The molecule has 0 spiro atoms. The predicted molar refractivity (Wildman–Crippen MR) is 72.0 cm³/mol. The lowest BCUT2D eigenvalue weighted by atomic mass is 10.1. The molecule has 1 aromatic carbocycles. The molecule has 1 heterocycles. The van der Waals surface area contributed by atoms with E-state index in [1.807, 2.05) is 0 Å². The van der Waals surface area contributed by atoms with Crippen LogP contribution in [0.15, 0.2) is 18.2 Å². The number of likely N-dealkylation sites (N-methyl/N-ethyl adjacent to an activating group) is 1. The standard InChI is InChI=1S/C14H22N2O/c1-4-11-5-6-14(17-3)13(9-11)16(2)12-7-8-15-10-12/h5-6,9,12,15H,4,7-8,10H2,1-3H3. The van der Waals surface area contributed by atoms with Gasteiger partial charge in [-0.25, -0.2) is 0 Å². The van der Waals surface area contributed by atoms with Crippen LogP contribution in [0.4, 0.5) is 5.69 Å². The number of ether oxygens (including phenoxy) is 1. The number of rotatable bonds is 4. The number of nitrogens with one attached hydrogen (secondary N) is 1. The van der Waals surface area contributed by atoms with Gasteiger partial charge in [0.2, 0.25) is 0 Å². The van der Waals surface area contributed by atoms with E-state index in [9.17, 15) is 0 Å². The maximum Gasteiger partial charge on any atom is 0.142 e. The highest BCUT2D eigenvalue weighted by Gasteiger charge is 2.21. The van der Waals surface area contributed by atoms with Crippen molar-refractivity contribution in [2.45, 2.75) is 25.8 Å². The minimum absolute atomic E-state index is 0.580. The van der Waals surface area contributed by atoms with E-state index in [1.54, 1.807) is 7.11 Å². The Labute approximate surface area is 104 Å². The number of aryl methyl sites for hydroxylation is 1. The van der Waals surface area contributed by atoms with Crippen LogP contribution in [0.1, 0.15) is 18.9 Å². The highest BCUT2D eigenvalue weighted by Crippen LogP contribution is 2.31. The van der Waals surface area contributed by atoms with Crippen molar-refractivity contribution in [2.24, 2.45) is 0 Å². The number of methoxy groups -OCH3 is 1. The number of benzene rings is 1. The van der Waals surface area contributed by atoms with Gasteiger partial charge in [-0.05, 0) is 37.1 Å². The topological polar surface area (TPSA) is 24.5 Å². The van der Waals surface area contributed by atoms with E-state index in [0.29, 0.717) is 6.04 Å². The summed E-state index contributed by atoms with van der Waals surface area (Å²) in [6, 6.07) is 7.05. The Morgan fingerprint density at radius 1 is 1.47 bits per heavy atom. The zero-order chi connectivity index (χ0) is 12.3. The van der Waals surface area contributed by atoms with E-state index in [-0.39, 0.29) is 0 Å². The molecule has 1 aliphatic rings. The zero-order valence-electron chi connectivity index (χ0n) is 11.0. The van der Waals surface area contributed by atoms with Crippen LogP contribution < -0.4 is 15.0 Å². The molecule has 0 aromatic heterocycles. The Morgan fingerprint density at radius 2 is 2.29 bits per heavy atom. The van der Waals surface area contributed by atoms with Crippen molar-refractivity contribution in [1.29, 1.82) is 0 Å². The first-order chi connectivity index (χ1) is 8.26. The average molecular weight is 234 g/mol. The summed E-state index contributed by atoms with van der Waals surface area (Å²) in [5.41, 5.74) is 2.57. The first kappa shape index (κ1) is 12.2. The molecule has 1 N–H and O–H groups in total. The molecule has 0 aliphatic carbocycles. The van der Waals surface area contributed by atoms with Crippen LogP contribution in [-0.4, -0.2) is 33.3 Å². The highest BCUT2D eigenvalue weighted by molar-refractivity contribution is 5.60. The molecule has 0 amide bonds. The molecule has 1 saturated heterocycles.